The van der Waals surface area contributed by atoms with Gasteiger partial charge in [-0.3, -0.25) is 0 Å². The van der Waals surface area contributed by atoms with Crippen molar-refractivity contribution >= 4 is 11.8 Å². The van der Waals surface area contributed by atoms with Gasteiger partial charge in [0.1, 0.15) is 5.54 Å². The Morgan fingerprint density at radius 2 is 1.82 bits per heavy atom. The zero-order valence-electron chi connectivity index (χ0n) is 10.9. The molecule has 0 aromatic rings. The van der Waals surface area contributed by atoms with Crippen molar-refractivity contribution in [3.63, 3.8) is 0 Å². The van der Waals surface area contributed by atoms with Crippen LogP contribution in [0.5, 0.6) is 0 Å². The summed E-state index contributed by atoms with van der Waals surface area (Å²) in [4.78, 5) is 0. The lowest BCUT2D eigenvalue weighted by Crippen LogP contribution is -2.46. The average molecular weight is 252 g/mol. The van der Waals surface area contributed by atoms with Crippen LogP contribution < -0.4 is 5.32 Å². The first-order chi connectivity index (χ1) is 8.28. The number of rotatable bonds is 3. The highest BCUT2D eigenvalue weighted by Gasteiger charge is 2.36. The van der Waals surface area contributed by atoms with Crippen LogP contribution >= 0.6 is 11.8 Å². The van der Waals surface area contributed by atoms with Crippen molar-refractivity contribution in [1.29, 1.82) is 5.26 Å². The minimum absolute atomic E-state index is 0.232. The second kappa shape index (κ2) is 6.11. The summed E-state index contributed by atoms with van der Waals surface area (Å²) >= 11 is 2.18. The van der Waals surface area contributed by atoms with Crippen LogP contribution in [0.1, 0.15) is 57.8 Å². The molecule has 0 aliphatic heterocycles. The summed E-state index contributed by atoms with van der Waals surface area (Å²) in [7, 11) is 1.94. The Hall–Kier alpha value is -0.200. The Morgan fingerprint density at radius 1 is 1.12 bits per heavy atom. The lowest BCUT2D eigenvalue weighted by molar-refractivity contribution is 0.322. The van der Waals surface area contributed by atoms with Crippen LogP contribution in [0.3, 0.4) is 0 Å². The number of hydrogen-bond acceptors (Lipinski definition) is 3. The molecule has 96 valence electrons. The fraction of sp³-hybridized carbons (Fsp3) is 0.929. The van der Waals surface area contributed by atoms with E-state index in [2.05, 4.69) is 23.1 Å². The maximum absolute atomic E-state index is 9.34. The molecule has 2 aliphatic carbocycles. The van der Waals surface area contributed by atoms with Crippen LogP contribution in [0.15, 0.2) is 0 Å². The smallest absolute Gasteiger partial charge is 0.107 e. The van der Waals surface area contributed by atoms with Gasteiger partial charge in [0.05, 0.1) is 6.07 Å². The number of hydrogen-bond donors (Lipinski definition) is 1. The highest BCUT2D eigenvalue weighted by molar-refractivity contribution is 8.00. The zero-order valence-corrected chi connectivity index (χ0v) is 11.7. The van der Waals surface area contributed by atoms with Crippen LogP contribution in [0, 0.1) is 11.3 Å². The summed E-state index contributed by atoms with van der Waals surface area (Å²) in [5.74, 6) is 0. The fourth-order valence-corrected chi connectivity index (χ4v) is 5.03. The van der Waals surface area contributed by atoms with Crippen LogP contribution in [-0.4, -0.2) is 23.1 Å². The first kappa shape index (κ1) is 13.2. The summed E-state index contributed by atoms with van der Waals surface area (Å²) < 4.78 is 0. The van der Waals surface area contributed by atoms with E-state index in [-0.39, 0.29) is 5.54 Å². The van der Waals surface area contributed by atoms with Gasteiger partial charge in [-0.25, -0.2) is 0 Å². The third-order valence-electron chi connectivity index (χ3n) is 4.34. The normalized spacial score (nSPS) is 35.4. The van der Waals surface area contributed by atoms with Gasteiger partial charge >= 0.3 is 0 Å². The second-order valence-electron chi connectivity index (χ2n) is 5.56. The maximum atomic E-state index is 9.34. The predicted octanol–water partition coefficient (Wildman–Crippen LogP) is 3.48. The molecule has 17 heavy (non-hydrogen) atoms. The summed E-state index contributed by atoms with van der Waals surface area (Å²) in [6, 6.07) is 2.51. The number of nitriles is 1. The molecular weight excluding hydrogens is 228 g/mol. The molecule has 2 aliphatic rings. The van der Waals surface area contributed by atoms with Crippen molar-refractivity contribution in [2.24, 2.45) is 0 Å². The molecule has 0 aromatic carbocycles. The molecular formula is C14H24N2S. The van der Waals surface area contributed by atoms with E-state index >= 15 is 0 Å². The number of thioether (sulfide) groups is 1. The Balaban J connectivity index is 1.86. The Bertz CT molecular complexity index is 280. The largest absolute Gasteiger partial charge is 0.302 e. The van der Waals surface area contributed by atoms with Gasteiger partial charge in [0.2, 0.25) is 0 Å². The van der Waals surface area contributed by atoms with Gasteiger partial charge in [-0.15, -0.1) is 0 Å². The fourth-order valence-electron chi connectivity index (χ4n) is 3.20. The summed E-state index contributed by atoms with van der Waals surface area (Å²) in [6.07, 6.45) is 11.7. The summed E-state index contributed by atoms with van der Waals surface area (Å²) in [5.41, 5.74) is -0.232. The second-order valence-corrected chi connectivity index (χ2v) is 7.16. The predicted molar refractivity (Wildman–Crippen MR) is 74.1 cm³/mol. The van der Waals surface area contributed by atoms with E-state index in [0.29, 0.717) is 5.25 Å². The molecule has 2 nitrogen and oxygen atoms in total. The average Bonchev–Trinajstić information content (AvgIpc) is 2.40. The molecule has 0 saturated heterocycles. The molecule has 1 N–H and O–H groups in total. The molecule has 2 fully saturated rings. The molecule has 0 spiro atoms. The Labute approximate surface area is 110 Å². The van der Waals surface area contributed by atoms with Crippen LogP contribution in [0.4, 0.5) is 0 Å². The summed E-state index contributed by atoms with van der Waals surface area (Å²) in [6.45, 7) is 0. The van der Waals surface area contributed by atoms with E-state index < -0.39 is 0 Å². The monoisotopic (exact) mass is 252 g/mol. The van der Waals surface area contributed by atoms with E-state index in [9.17, 15) is 5.26 Å². The van der Waals surface area contributed by atoms with Gasteiger partial charge in [-0.2, -0.15) is 17.0 Å². The lowest BCUT2D eigenvalue weighted by atomic mass is 9.83. The van der Waals surface area contributed by atoms with Crippen LogP contribution in [0.25, 0.3) is 0 Å². The van der Waals surface area contributed by atoms with Gasteiger partial charge in [0.25, 0.3) is 0 Å². The third kappa shape index (κ3) is 3.39. The molecule has 3 heteroatoms. The van der Waals surface area contributed by atoms with Gasteiger partial charge in [0, 0.05) is 10.5 Å². The van der Waals surface area contributed by atoms with Crippen LogP contribution in [0.2, 0.25) is 0 Å². The molecule has 0 heterocycles. The SMILES string of the molecule is CNC1(C#N)CCCC(SC2CCCCC2)C1. The molecule has 0 radical (unpaired) electrons. The first-order valence-corrected chi connectivity index (χ1v) is 7.98. The standard InChI is InChI=1S/C14H24N2S/c1-16-14(11-15)9-5-8-13(10-14)17-12-6-3-2-4-7-12/h12-13,16H,2-10H2,1H3. The van der Waals surface area contributed by atoms with Crippen molar-refractivity contribution < 1.29 is 0 Å². The quantitative estimate of drug-likeness (QED) is 0.835. The lowest BCUT2D eigenvalue weighted by Gasteiger charge is -2.37. The first-order valence-electron chi connectivity index (χ1n) is 7.04. The van der Waals surface area contributed by atoms with E-state index in [0.717, 1.165) is 18.1 Å². The number of nitrogens with one attached hydrogen (secondary N) is 1. The molecule has 2 saturated carbocycles. The number of nitrogens with zero attached hydrogens (tertiary/aromatic N) is 1. The Morgan fingerprint density at radius 3 is 2.47 bits per heavy atom. The van der Waals surface area contributed by atoms with Crippen molar-refractivity contribution in [1.82, 2.24) is 5.32 Å². The molecule has 0 aromatic heterocycles. The van der Waals surface area contributed by atoms with E-state index in [1.165, 1.54) is 44.9 Å². The summed E-state index contributed by atoms with van der Waals surface area (Å²) in [5, 5.41) is 14.2. The minimum Gasteiger partial charge on any atom is -0.302 e. The van der Waals surface area contributed by atoms with Gasteiger partial charge in [-0.05, 0) is 45.6 Å². The maximum Gasteiger partial charge on any atom is 0.107 e. The zero-order chi connectivity index (χ0) is 12.1. The van der Waals surface area contributed by atoms with E-state index in [1.807, 2.05) is 7.05 Å². The van der Waals surface area contributed by atoms with Crippen molar-refractivity contribution in [2.75, 3.05) is 7.05 Å². The van der Waals surface area contributed by atoms with E-state index in [1.54, 1.807) is 0 Å². The van der Waals surface area contributed by atoms with Gasteiger partial charge in [-0.1, -0.05) is 19.3 Å². The van der Waals surface area contributed by atoms with Crippen molar-refractivity contribution in [3.05, 3.63) is 0 Å². The highest BCUT2D eigenvalue weighted by atomic mass is 32.2. The van der Waals surface area contributed by atoms with Crippen molar-refractivity contribution in [2.45, 2.75) is 73.8 Å². The molecule has 2 unspecified atom stereocenters. The third-order valence-corrected chi connectivity index (χ3v) is 5.98. The van der Waals surface area contributed by atoms with Gasteiger partial charge < -0.3 is 5.32 Å². The van der Waals surface area contributed by atoms with Crippen molar-refractivity contribution in [3.8, 4) is 6.07 Å². The minimum atomic E-state index is -0.232. The highest BCUT2D eigenvalue weighted by Crippen LogP contribution is 2.39. The molecule has 2 rings (SSSR count). The molecule has 0 bridgehead atoms. The molecule has 0 amide bonds. The Kier molecular flexibility index (Phi) is 4.76. The molecule has 2 atom stereocenters. The van der Waals surface area contributed by atoms with Crippen LogP contribution in [-0.2, 0) is 0 Å². The van der Waals surface area contributed by atoms with Gasteiger partial charge in [0.15, 0.2) is 0 Å². The topological polar surface area (TPSA) is 35.8 Å². The van der Waals surface area contributed by atoms with E-state index in [4.69, 9.17) is 0 Å².